The number of hydrogen-bond donors (Lipinski definition) is 0. The molecule has 0 saturated heterocycles. The van der Waals surface area contributed by atoms with Crippen LogP contribution in [-0.4, -0.2) is 27.4 Å². The van der Waals surface area contributed by atoms with Gasteiger partial charge >= 0.3 is 0 Å². The van der Waals surface area contributed by atoms with E-state index in [1.54, 1.807) is 0 Å². The summed E-state index contributed by atoms with van der Waals surface area (Å²) in [5.41, 5.74) is 7.56. The molecule has 0 amide bonds. The molecule has 2 aliphatic heterocycles. The molecule has 2 aliphatic rings. The molecule has 0 radical (unpaired) electrons. The summed E-state index contributed by atoms with van der Waals surface area (Å²) < 4.78 is 0. The highest BCUT2D eigenvalue weighted by molar-refractivity contribution is 5.86. The molecular formula is C22H22N4. The van der Waals surface area contributed by atoms with Crippen molar-refractivity contribution < 1.29 is 0 Å². The summed E-state index contributed by atoms with van der Waals surface area (Å²) in [7, 11) is 4.29. The van der Waals surface area contributed by atoms with Crippen LogP contribution in [0.15, 0.2) is 72.8 Å². The van der Waals surface area contributed by atoms with Crippen LogP contribution in [0, 0.1) is 0 Å². The highest BCUT2D eigenvalue weighted by Gasteiger charge is 2.26. The number of anilines is 6. The van der Waals surface area contributed by atoms with Gasteiger partial charge in [-0.25, -0.2) is 0 Å². The van der Waals surface area contributed by atoms with Crippen LogP contribution in [0.3, 0.4) is 0 Å². The van der Waals surface area contributed by atoms with Gasteiger partial charge in [0.15, 0.2) is 0 Å². The summed E-state index contributed by atoms with van der Waals surface area (Å²) in [6, 6.07) is 26.1. The third-order valence-corrected chi connectivity index (χ3v) is 5.33. The van der Waals surface area contributed by atoms with E-state index < -0.39 is 0 Å². The monoisotopic (exact) mass is 342 g/mol. The second-order valence-corrected chi connectivity index (χ2v) is 7.03. The summed E-state index contributed by atoms with van der Waals surface area (Å²) >= 11 is 0. The largest absolute Gasteiger partial charge is 0.355 e. The summed E-state index contributed by atoms with van der Waals surface area (Å²) in [6.45, 7) is 1.75. The lowest BCUT2D eigenvalue weighted by Gasteiger charge is -2.24. The quantitative estimate of drug-likeness (QED) is 0.664. The van der Waals surface area contributed by atoms with Crippen molar-refractivity contribution in [3.05, 3.63) is 72.8 Å². The molecule has 26 heavy (non-hydrogen) atoms. The molecule has 0 aliphatic carbocycles. The van der Waals surface area contributed by atoms with Crippen LogP contribution < -0.4 is 19.6 Å². The van der Waals surface area contributed by atoms with Crippen LogP contribution in [0.2, 0.25) is 0 Å². The second kappa shape index (κ2) is 5.70. The smallest absolute Gasteiger partial charge is 0.0950 e. The maximum Gasteiger partial charge on any atom is 0.0950 e. The fourth-order valence-corrected chi connectivity index (χ4v) is 4.03. The topological polar surface area (TPSA) is 13.0 Å². The molecule has 2 heterocycles. The molecule has 130 valence electrons. The number of nitrogens with zero attached hydrogens (tertiary/aromatic N) is 4. The number of para-hydroxylation sites is 4. The molecule has 0 saturated carbocycles. The predicted molar refractivity (Wildman–Crippen MR) is 110 cm³/mol. The van der Waals surface area contributed by atoms with Crippen molar-refractivity contribution in [3.8, 4) is 0 Å². The molecule has 4 heteroatoms. The zero-order valence-corrected chi connectivity index (χ0v) is 15.1. The molecule has 4 nitrogen and oxygen atoms in total. The van der Waals surface area contributed by atoms with E-state index in [4.69, 9.17) is 0 Å². The first-order valence-electron chi connectivity index (χ1n) is 8.98. The van der Waals surface area contributed by atoms with E-state index in [1.807, 2.05) is 0 Å². The van der Waals surface area contributed by atoms with E-state index in [0.717, 1.165) is 13.3 Å². The maximum atomic E-state index is 2.38. The van der Waals surface area contributed by atoms with Crippen molar-refractivity contribution >= 4 is 34.1 Å². The Morgan fingerprint density at radius 1 is 0.538 bits per heavy atom. The Labute approximate surface area is 154 Å². The van der Waals surface area contributed by atoms with Gasteiger partial charge in [-0.3, -0.25) is 0 Å². The van der Waals surface area contributed by atoms with Gasteiger partial charge in [-0.05, 0) is 42.5 Å². The minimum Gasteiger partial charge on any atom is -0.355 e. The molecule has 5 rings (SSSR count). The van der Waals surface area contributed by atoms with E-state index >= 15 is 0 Å². The minimum absolute atomic E-state index is 0.874. The van der Waals surface area contributed by atoms with Gasteiger partial charge < -0.3 is 19.6 Å². The first-order valence-corrected chi connectivity index (χ1v) is 8.98. The number of rotatable bonds is 2. The molecule has 0 spiro atoms. The van der Waals surface area contributed by atoms with Gasteiger partial charge in [0, 0.05) is 25.5 Å². The third kappa shape index (κ3) is 2.22. The van der Waals surface area contributed by atoms with Crippen LogP contribution in [-0.2, 0) is 0 Å². The van der Waals surface area contributed by atoms with Crippen molar-refractivity contribution in [2.75, 3.05) is 47.0 Å². The van der Waals surface area contributed by atoms with Gasteiger partial charge in [-0.15, -0.1) is 0 Å². The average molecular weight is 342 g/mol. The van der Waals surface area contributed by atoms with Crippen molar-refractivity contribution in [2.45, 2.75) is 0 Å². The minimum atomic E-state index is 0.874. The normalized spacial score (nSPS) is 15.5. The molecule has 0 atom stereocenters. The van der Waals surface area contributed by atoms with Gasteiger partial charge in [0.2, 0.25) is 0 Å². The molecule has 3 aromatic rings. The van der Waals surface area contributed by atoms with Crippen LogP contribution >= 0.6 is 0 Å². The Bertz CT molecular complexity index is 893. The number of hydrogen-bond acceptors (Lipinski definition) is 4. The van der Waals surface area contributed by atoms with Gasteiger partial charge in [0.25, 0.3) is 0 Å². The summed E-state index contributed by atoms with van der Waals surface area (Å²) in [6.07, 6.45) is 0. The fraction of sp³-hybridized carbons (Fsp3) is 0.182. The van der Waals surface area contributed by atoms with Gasteiger partial charge in [0.05, 0.1) is 36.1 Å². The van der Waals surface area contributed by atoms with Crippen molar-refractivity contribution in [1.29, 1.82) is 0 Å². The molecule has 0 aromatic heterocycles. The van der Waals surface area contributed by atoms with Crippen LogP contribution in [0.5, 0.6) is 0 Å². The van der Waals surface area contributed by atoms with Crippen LogP contribution in [0.4, 0.5) is 34.1 Å². The Kier molecular flexibility index (Phi) is 3.32. The Morgan fingerprint density at radius 2 is 0.962 bits per heavy atom. The maximum absolute atomic E-state index is 2.38. The van der Waals surface area contributed by atoms with Gasteiger partial charge in [-0.1, -0.05) is 30.3 Å². The van der Waals surface area contributed by atoms with E-state index in [0.29, 0.717) is 0 Å². The first-order chi connectivity index (χ1) is 12.7. The predicted octanol–water partition coefficient (Wildman–Crippen LogP) is 4.78. The van der Waals surface area contributed by atoms with Crippen molar-refractivity contribution in [2.24, 2.45) is 0 Å². The van der Waals surface area contributed by atoms with Crippen LogP contribution in [0.25, 0.3) is 0 Å². The van der Waals surface area contributed by atoms with E-state index in [2.05, 4.69) is 106 Å². The van der Waals surface area contributed by atoms with Gasteiger partial charge in [0.1, 0.15) is 0 Å². The van der Waals surface area contributed by atoms with Crippen molar-refractivity contribution in [3.63, 3.8) is 0 Å². The van der Waals surface area contributed by atoms with E-state index in [9.17, 15) is 0 Å². The van der Waals surface area contributed by atoms with Crippen molar-refractivity contribution in [1.82, 2.24) is 0 Å². The van der Waals surface area contributed by atoms with Gasteiger partial charge in [-0.2, -0.15) is 0 Å². The third-order valence-electron chi connectivity index (χ3n) is 5.33. The zero-order valence-electron chi connectivity index (χ0n) is 15.1. The number of fused-ring (bicyclic) bond motifs is 2. The highest BCUT2D eigenvalue weighted by atomic mass is 15.4. The SMILES string of the molecule is CN1CN(c2cccc(N3CN(C)c4ccccc43)c2)c2ccccc21. The standard InChI is InChI=1S/C22H22N4/c1-23-15-25(21-12-5-3-10-19(21)23)17-8-7-9-18(14-17)26-16-24(2)20-11-4-6-13-22(20)26/h3-14H,15-16H2,1-2H3. The lowest BCUT2D eigenvalue weighted by molar-refractivity contribution is 0.939. The molecule has 0 N–H and O–H groups in total. The lowest BCUT2D eigenvalue weighted by atomic mass is 10.2. The second-order valence-electron chi connectivity index (χ2n) is 7.03. The Morgan fingerprint density at radius 3 is 1.42 bits per heavy atom. The zero-order chi connectivity index (χ0) is 17.7. The first kappa shape index (κ1) is 15.1. The number of benzene rings is 3. The average Bonchev–Trinajstić information content (AvgIpc) is 3.20. The van der Waals surface area contributed by atoms with E-state index in [-0.39, 0.29) is 0 Å². The Balaban J connectivity index is 1.54. The molecule has 0 fully saturated rings. The highest BCUT2D eigenvalue weighted by Crippen LogP contribution is 2.43. The molecule has 3 aromatic carbocycles. The fourth-order valence-electron chi connectivity index (χ4n) is 4.03. The molecular weight excluding hydrogens is 320 g/mol. The summed E-state index contributed by atoms with van der Waals surface area (Å²) in [5, 5.41) is 0. The molecule has 0 unspecified atom stereocenters. The van der Waals surface area contributed by atoms with Crippen LogP contribution in [0.1, 0.15) is 0 Å². The Hall–Kier alpha value is -3.14. The summed E-state index contributed by atoms with van der Waals surface area (Å²) in [4.78, 5) is 9.34. The van der Waals surface area contributed by atoms with E-state index in [1.165, 1.54) is 34.1 Å². The lowest BCUT2D eigenvalue weighted by Crippen LogP contribution is -2.25. The summed E-state index contributed by atoms with van der Waals surface area (Å²) in [5.74, 6) is 0. The molecule has 0 bridgehead atoms.